The Labute approximate surface area is 99.8 Å². The minimum atomic E-state index is -0.887. The standard InChI is InChI=1S/C12H17NO4/c14-10(15)6-3-7-13-11(16)8-4-1-2-5-9(8)12(13)17/h8-9H,1-7H2,(H,14,15)/t8-,9-/m1/s1. The topological polar surface area (TPSA) is 74.7 Å². The molecule has 0 radical (unpaired) electrons. The second-order valence-electron chi connectivity index (χ2n) is 4.82. The van der Waals surface area contributed by atoms with Gasteiger partial charge in [0.2, 0.25) is 11.8 Å². The van der Waals surface area contributed by atoms with E-state index in [1.54, 1.807) is 0 Å². The van der Waals surface area contributed by atoms with Crippen molar-refractivity contribution < 1.29 is 19.5 Å². The third kappa shape index (κ3) is 2.33. The predicted octanol–water partition coefficient (Wildman–Crippen LogP) is 1.03. The predicted molar refractivity (Wildman–Crippen MR) is 59.0 cm³/mol. The molecule has 0 aromatic carbocycles. The van der Waals surface area contributed by atoms with E-state index >= 15 is 0 Å². The lowest BCUT2D eigenvalue weighted by Gasteiger charge is -2.19. The van der Waals surface area contributed by atoms with Gasteiger partial charge in [-0.2, -0.15) is 0 Å². The van der Waals surface area contributed by atoms with Crippen LogP contribution in [-0.4, -0.2) is 34.3 Å². The Morgan fingerprint density at radius 3 is 2.18 bits per heavy atom. The van der Waals surface area contributed by atoms with Crippen molar-refractivity contribution in [3.8, 4) is 0 Å². The van der Waals surface area contributed by atoms with Crippen molar-refractivity contribution in [3.63, 3.8) is 0 Å². The smallest absolute Gasteiger partial charge is 0.303 e. The number of fused-ring (bicyclic) bond motifs is 1. The van der Waals surface area contributed by atoms with Crippen molar-refractivity contribution in [2.45, 2.75) is 38.5 Å². The number of carbonyl (C=O) groups excluding carboxylic acids is 2. The number of rotatable bonds is 4. The Morgan fingerprint density at radius 1 is 1.18 bits per heavy atom. The number of carboxylic acids is 1. The first-order chi connectivity index (χ1) is 8.11. The van der Waals surface area contributed by atoms with Gasteiger partial charge in [0.05, 0.1) is 11.8 Å². The summed E-state index contributed by atoms with van der Waals surface area (Å²) in [5.41, 5.74) is 0. The normalized spacial score (nSPS) is 28.4. The molecule has 2 amide bonds. The summed E-state index contributed by atoms with van der Waals surface area (Å²) in [6.07, 6.45) is 4.01. The van der Waals surface area contributed by atoms with E-state index in [0.717, 1.165) is 25.7 Å². The molecule has 1 saturated heterocycles. The summed E-state index contributed by atoms with van der Waals surface area (Å²) >= 11 is 0. The Balaban J connectivity index is 1.96. The van der Waals surface area contributed by atoms with Crippen LogP contribution >= 0.6 is 0 Å². The highest BCUT2D eigenvalue weighted by molar-refractivity contribution is 6.05. The van der Waals surface area contributed by atoms with Gasteiger partial charge in [0, 0.05) is 13.0 Å². The van der Waals surface area contributed by atoms with Crippen molar-refractivity contribution >= 4 is 17.8 Å². The van der Waals surface area contributed by atoms with E-state index < -0.39 is 5.97 Å². The Kier molecular flexibility index (Phi) is 3.45. The molecule has 1 heterocycles. The molecule has 5 heteroatoms. The van der Waals surface area contributed by atoms with Gasteiger partial charge in [0.15, 0.2) is 0 Å². The van der Waals surface area contributed by atoms with Gasteiger partial charge in [-0.05, 0) is 19.3 Å². The molecule has 2 atom stereocenters. The maximum absolute atomic E-state index is 12.0. The first-order valence-electron chi connectivity index (χ1n) is 6.18. The number of hydrogen-bond donors (Lipinski definition) is 1. The maximum atomic E-state index is 12.0. The van der Waals surface area contributed by atoms with E-state index in [0.29, 0.717) is 6.42 Å². The number of imide groups is 1. The molecule has 0 aromatic rings. The van der Waals surface area contributed by atoms with Gasteiger partial charge in [0.1, 0.15) is 0 Å². The van der Waals surface area contributed by atoms with E-state index in [1.165, 1.54) is 4.90 Å². The van der Waals surface area contributed by atoms with E-state index in [1.807, 2.05) is 0 Å². The van der Waals surface area contributed by atoms with Crippen LogP contribution in [0.1, 0.15) is 38.5 Å². The number of aliphatic carboxylic acids is 1. The average molecular weight is 239 g/mol. The van der Waals surface area contributed by atoms with Gasteiger partial charge in [-0.3, -0.25) is 19.3 Å². The Bertz CT molecular complexity index is 328. The van der Waals surface area contributed by atoms with Crippen molar-refractivity contribution in [2.75, 3.05) is 6.54 Å². The fourth-order valence-electron chi connectivity index (χ4n) is 2.84. The molecule has 1 aliphatic carbocycles. The minimum absolute atomic E-state index is 0.00634. The average Bonchev–Trinajstić information content (AvgIpc) is 2.54. The van der Waals surface area contributed by atoms with Gasteiger partial charge >= 0.3 is 5.97 Å². The number of carboxylic acid groups (broad SMARTS) is 1. The van der Waals surface area contributed by atoms with Crippen LogP contribution in [-0.2, 0) is 14.4 Å². The van der Waals surface area contributed by atoms with Crippen LogP contribution in [0.4, 0.5) is 0 Å². The molecule has 1 N–H and O–H groups in total. The van der Waals surface area contributed by atoms with Crippen LogP contribution in [0.2, 0.25) is 0 Å². The molecule has 0 bridgehead atoms. The Morgan fingerprint density at radius 2 is 1.71 bits per heavy atom. The zero-order chi connectivity index (χ0) is 12.4. The van der Waals surface area contributed by atoms with Gasteiger partial charge in [-0.15, -0.1) is 0 Å². The highest BCUT2D eigenvalue weighted by Gasteiger charge is 2.47. The molecular formula is C12H17NO4. The number of likely N-dealkylation sites (tertiary alicyclic amines) is 1. The molecule has 1 saturated carbocycles. The molecule has 2 rings (SSSR count). The van der Waals surface area contributed by atoms with Crippen LogP contribution in [0.15, 0.2) is 0 Å². The lowest BCUT2D eigenvalue weighted by atomic mass is 9.81. The van der Waals surface area contributed by atoms with Crippen LogP contribution < -0.4 is 0 Å². The molecule has 2 fully saturated rings. The summed E-state index contributed by atoms with van der Waals surface area (Å²) in [5.74, 6) is -1.29. The maximum Gasteiger partial charge on any atom is 0.303 e. The molecule has 17 heavy (non-hydrogen) atoms. The largest absolute Gasteiger partial charge is 0.481 e. The van der Waals surface area contributed by atoms with Gasteiger partial charge < -0.3 is 5.11 Å². The highest BCUT2D eigenvalue weighted by Crippen LogP contribution is 2.37. The third-order valence-corrected chi connectivity index (χ3v) is 3.70. The lowest BCUT2D eigenvalue weighted by Crippen LogP contribution is -2.32. The summed E-state index contributed by atoms with van der Waals surface area (Å²) in [4.78, 5) is 35.6. The van der Waals surface area contributed by atoms with E-state index in [-0.39, 0.29) is 36.6 Å². The summed E-state index contributed by atoms with van der Waals surface area (Å²) in [6, 6.07) is 0. The third-order valence-electron chi connectivity index (χ3n) is 3.70. The van der Waals surface area contributed by atoms with Gasteiger partial charge in [-0.1, -0.05) is 12.8 Å². The minimum Gasteiger partial charge on any atom is -0.481 e. The van der Waals surface area contributed by atoms with E-state index in [9.17, 15) is 14.4 Å². The fourth-order valence-corrected chi connectivity index (χ4v) is 2.84. The molecular weight excluding hydrogens is 222 g/mol. The van der Waals surface area contributed by atoms with Crippen LogP contribution in [0.3, 0.4) is 0 Å². The number of hydrogen-bond acceptors (Lipinski definition) is 3. The second kappa shape index (κ2) is 4.85. The molecule has 0 aromatic heterocycles. The van der Waals surface area contributed by atoms with Crippen molar-refractivity contribution in [1.29, 1.82) is 0 Å². The van der Waals surface area contributed by atoms with Gasteiger partial charge in [0.25, 0.3) is 0 Å². The SMILES string of the molecule is O=C(O)CCCN1C(=O)[C@@H]2CCCC[C@H]2C1=O. The molecule has 94 valence electrons. The Hall–Kier alpha value is -1.39. The zero-order valence-electron chi connectivity index (χ0n) is 9.72. The highest BCUT2D eigenvalue weighted by atomic mass is 16.4. The molecule has 2 aliphatic rings. The van der Waals surface area contributed by atoms with Crippen LogP contribution in [0.5, 0.6) is 0 Å². The van der Waals surface area contributed by atoms with E-state index in [2.05, 4.69) is 0 Å². The number of nitrogens with zero attached hydrogens (tertiary/aromatic N) is 1. The van der Waals surface area contributed by atoms with Crippen molar-refractivity contribution in [1.82, 2.24) is 4.90 Å². The second-order valence-corrected chi connectivity index (χ2v) is 4.82. The lowest BCUT2D eigenvalue weighted by molar-refractivity contribution is -0.142. The summed E-state index contributed by atoms with van der Waals surface area (Å²) in [7, 11) is 0. The molecule has 0 spiro atoms. The fraction of sp³-hybridized carbons (Fsp3) is 0.750. The first-order valence-corrected chi connectivity index (χ1v) is 6.18. The molecule has 1 aliphatic heterocycles. The van der Waals surface area contributed by atoms with Crippen molar-refractivity contribution in [3.05, 3.63) is 0 Å². The first kappa shape index (κ1) is 12.1. The molecule has 0 unspecified atom stereocenters. The molecule has 5 nitrogen and oxygen atoms in total. The van der Waals surface area contributed by atoms with Crippen molar-refractivity contribution in [2.24, 2.45) is 11.8 Å². The van der Waals surface area contributed by atoms with Crippen LogP contribution in [0, 0.1) is 11.8 Å². The van der Waals surface area contributed by atoms with E-state index in [4.69, 9.17) is 5.11 Å². The number of carbonyl (C=O) groups is 3. The van der Waals surface area contributed by atoms with Crippen LogP contribution in [0.25, 0.3) is 0 Å². The summed E-state index contributed by atoms with van der Waals surface area (Å²) < 4.78 is 0. The summed E-state index contributed by atoms with van der Waals surface area (Å²) in [6.45, 7) is 0.261. The summed E-state index contributed by atoms with van der Waals surface area (Å²) in [5, 5.41) is 8.54. The van der Waals surface area contributed by atoms with Gasteiger partial charge in [-0.25, -0.2) is 0 Å². The quantitative estimate of drug-likeness (QED) is 0.743. The monoisotopic (exact) mass is 239 g/mol. The zero-order valence-corrected chi connectivity index (χ0v) is 9.72. The number of amides is 2.